The molecule has 2 rings (SSSR count). The van der Waals surface area contributed by atoms with E-state index in [1.807, 2.05) is 37.5 Å². The van der Waals surface area contributed by atoms with E-state index in [1.54, 1.807) is 6.08 Å². The number of furan rings is 1. The summed E-state index contributed by atoms with van der Waals surface area (Å²) in [6, 6.07) is 5.60. The summed E-state index contributed by atoms with van der Waals surface area (Å²) in [5.74, 6) is 1.37. The van der Waals surface area contributed by atoms with Crippen molar-refractivity contribution in [1.29, 1.82) is 0 Å². The molecule has 2 heterocycles. The fourth-order valence-corrected chi connectivity index (χ4v) is 1.42. The van der Waals surface area contributed by atoms with Crippen LogP contribution in [0.5, 0.6) is 0 Å². The number of nitrogens with one attached hydrogen (secondary N) is 2. The van der Waals surface area contributed by atoms with Crippen LogP contribution < -0.4 is 5.32 Å². The second-order valence-corrected chi connectivity index (χ2v) is 3.72. The summed E-state index contributed by atoms with van der Waals surface area (Å²) in [7, 11) is 0. The second-order valence-electron chi connectivity index (χ2n) is 3.72. The Hall–Kier alpha value is -2.23. The van der Waals surface area contributed by atoms with Crippen molar-refractivity contribution in [2.24, 2.45) is 0 Å². The fraction of sp³-hybridized carbons (Fsp3) is 0.154. The molecule has 1 amide bonds. The van der Waals surface area contributed by atoms with Gasteiger partial charge in [0.05, 0.1) is 0 Å². The van der Waals surface area contributed by atoms with Crippen LogP contribution >= 0.6 is 0 Å². The Morgan fingerprint density at radius 1 is 1.47 bits per heavy atom. The lowest BCUT2D eigenvalue weighted by Crippen LogP contribution is -2.19. The minimum atomic E-state index is -0.139. The lowest BCUT2D eigenvalue weighted by Gasteiger charge is -1.98. The number of H-pyrrole nitrogens is 1. The van der Waals surface area contributed by atoms with E-state index < -0.39 is 0 Å². The Bertz CT molecular complexity index is 509. The number of hydrogen-bond acceptors (Lipinski definition) is 2. The highest BCUT2D eigenvalue weighted by Crippen LogP contribution is 2.07. The maximum Gasteiger partial charge on any atom is 0.244 e. The summed E-state index contributed by atoms with van der Waals surface area (Å²) in [6.45, 7) is 2.38. The molecular formula is C13H14N2O2. The first-order chi connectivity index (χ1) is 8.24. The molecule has 4 heteroatoms. The van der Waals surface area contributed by atoms with Gasteiger partial charge in [0.2, 0.25) is 5.91 Å². The highest BCUT2D eigenvalue weighted by Gasteiger charge is 1.98. The highest BCUT2D eigenvalue weighted by atomic mass is 16.3. The van der Waals surface area contributed by atoms with Gasteiger partial charge < -0.3 is 14.7 Å². The van der Waals surface area contributed by atoms with E-state index in [-0.39, 0.29) is 5.91 Å². The zero-order valence-corrected chi connectivity index (χ0v) is 9.57. The molecule has 0 bridgehead atoms. The van der Waals surface area contributed by atoms with Crippen LogP contribution in [0.2, 0.25) is 0 Å². The lowest BCUT2D eigenvalue weighted by molar-refractivity contribution is -0.116. The van der Waals surface area contributed by atoms with Crippen molar-refractivity contribution in [3.63, 3.8) is 0 Å². The average molecular weight is 230 g/mol. The third kappa shape index (κ3) is 3.38. The Labute approximate surface area is 99.3 Å². The Morgan fingerprint density at radius 2 is 2.35 bits per heavy atom. The highest BCUT2D eigenvalue weighted by molar-refractivity contribution is 5.91. The van der Waals surface area contributed by atoms with E-state index in [0.717, 1.165) is 11.3 Å². The number of rotatable bonds is 4. The first-order valence-electron chi connectivity index (χ1n) is 5.38. The fourth-order valence-electron chi connectivity index (χ4n) is 1.42. The molecule has 0 fully saturated rings. The van der Waals surface area contributed by atoms with Crippen LogP contribution in [-0.2, 0) is 11.3 Å². The lowest BCUT2D eigenvalue weighted by atomic mass is 10.3. The Morgan fingerprint density at radius 3 is 3.00 bits per heavy atom. The normalized spacial score (nSPS) is 10.9. The van der Waals surface area contributed by atoms with E-state index in [4.69, 9.17) is 4.42 Å². The maximum atomic E-state index is 11.5. The van der Waals surface area contributed by atoms with Crippen molar-refractivity contribution in [3.05, 3.63) is 53.8 Å². The van der Waals surface area contributed by atoms with Crippen molar-refractivity contribution < 1.29 is 9.21 Å². The van der Waals surface area contributed by atoms with Gasteiger partial charge in [0.1, 0.15) is 11.5 Å². The van der Waals surface area contributed by atoms with Gasteiger partial charge in [-0.15, -0.1) is 0 Å². The van der Waals surface area contributed by atoms with E-state index in [0.29, 0.717) is 12.3 Å². The van der Waals surface area contributed by atoms with Gasteiger partial charge in [-0.1, -0.05) is 0 Å². The molecule has 0 radical (unpaired) electrons. The minimum absolute atomic E-state index is 0.139. The van der Waals surface area contributed by atoms with Gasteiger partial charge in [-0.25, -0.2) is 0 Å². The van der Waals surface area contributed by atoms with Crippen LogP contribution in [0.3, 0.4) is 0 Å². The summed E-state index contributed by atoms with van der Waals surface area (Å²) < 4.78 is 5.31. The van der Waals surface area contributed by atoms with E-state index in [9.17, 15) is 4.79 Å². The number of aryl methyl sites for hydroxylation is 1. The predicted molar refractivity (Wildman–Crippen MR) is 65.1 cm³/mol. The standard InChI is InChI=1S/C13H14N2O2/c1-10-2-3-12(17-10)4-5-13(16)15-9-11-6-7-14-8-11/h2-8,14H,9H2,1H3,(H,15,16)/b5-4+. The third-order valence-electron chi connectivity index (χ3n) is 2.29. The van der Waals surface area contributed by atoms with Crippen LogP contribution in [0.15, 0.2) is 41.1 Å². The molecular weight excluding hydrogens is 216 g/mol. The van der Waals surface area contributed by atoms with Gasteiger partial charge >= 0.3 is 0 Å². The van der Waals surface area contributed by atoms with Crippen molar-refractivity contribution in [2.75, 3.05) is 0 Å². The minimum Gasteiger partial charge on any atom is -0.462 e. The largest absolute Gasteiger partial charge is 0.462 e. The van der Waals surface area contributed by atoms with Crippen LogP contribution in [0, 0.1) is 6.92 Å². The predicted octanol–water partition coefficient (Wildman–Crippen LogP) is 2.25. The number of hydrogen-bond donors (Lipinski definition) is 2. The molecule has 0 atom stereocenters. The molecule has 0 aromatic carbocycles. The van der Waals surface area contributed by atoms with Crippen molar-refractivity contribution >= 4 is 12.0 Å². The molecule has 2 N–H and O–H groups in total. The summed E-state index contributed by atoms with van der Waals surface area (Å²) >= 11 is 0. The zero-order chi connectivity index (χ0) is 12.1. The van der Waals surface area contributed by atoms with Crippen molar-refractivity contribution in [1.82, 2.24) is 10.3 Å². The summed E-state index contributed by atoms with van der Waals surface area (Å²) in [5.41, 5.74) is 1.04. The Balaban J connectivity index is 1.83. The van der Waals surface area contributed by atoms with E-state index in [2.05, 4.69) is 10.3 Å². The SMILES string of the molecule is Cc1ccc(/C=C/C(=O)NCc2cc[nH]c2)o1. The first kappa shape index (κ1) is 11.3. The summed E-state index contributed by atoms with van der Waals surface area (Å²) in [6.07, 6.45) is 6.78. The summed E-state index contributed by atoms with van der Waals surface area (Å²) in [4.78, 5) is 14.4. The quantitative estimate of drug-likeness (QED) is 0.791. The van der Waals surface area contributed by atoms with Gasteiger partial charge in [-0.2, -0.15) is 0 Å². The number of aromatic amines is 1. The molecule has 0 aliphatic rings. The molecule has 17 heavy (non-hydrogen) atoms. The van der Waals surface area contributed by atoms with Gasteiger partial charge in [-0.05, 0) is 36.8 Å². The molecule has 2 aromatic heterocycles. The Kier molecular flexibility index (Phi) is 3.45. The second kappa shape index (κ2) is 5.21. The molecule has 2 aromatic rings. The molecule has 0 saturated carbocycles. The molecule has 0 spiro atoms. The number of carbonyl (C=O) groups excluding carboxylic acids is 1. The van der Waals surface area contributed by atoms with Crippen LogP contribution in [-0.4, -0.2) is 10.9 Å². The van der Waals surface area contributed by atoms with Crippen molar-refractivity contribution in [3.8, 4) is 0 Å². The number of carbonyl (C=O) groups is 1. The van der Waals surface area contributed by atoms with Crippen LogP contribution in [0.25, 0.3) is 6.08 Å². The van der Waals surface area contributed by atoms with Gasteiger partial charge in [0.25, 0.3) is 0 Å². The summed E-state index contributed by atoms with van der Waals surface area (Å²) in [5, 5.41) is 2.77. The van der Waals surface area contributed by atoms with Crippen molar-refractivity contribution in [2.45, 2.75) is 13.5 Å². The van der Waals surface area contributed by atoms with Crippen LogP contribution in [0.1, 0.15) is 17.1 Å². The smallest absolute Gasteiger partial charge is 0.244 e. The molecule has 0 saturated heterocycles. The molecule has 0 unspecified atom stereocenters. The molecule has 0 aliphatic heterocycles. The number of aromatic nitrogens is 1. The maximum absolute atomic E-state index is 11.5. The average Bonchev–Trinajstić information content (AvgIpc) is 2.95. The third-order valence-corrected chi connectivity index (χ3v) is 2.29. The van der Waals surface area contributed by atoms with Gasteiger partial charge in [0.15, 0.2) is 0 Å². The number of amides is 1. The zero-order valence-electron chi connectivity index (χ0n) is 9.57. The van der Waals surface area contributed by atoms with Gasteiger partial charge in [0, 0.05) is 25.0 Å². The van der Waals surface area contributed by atoms with E-state index >= 15 is 0 Å². The monoisotopic (exact) mass is 230 g/mol. The van der Waals surface area contributed by atoms with Gasteiger partial charge in [-0.3, -0.25) is 4.79 Å². The molecule has 88 valence electrons. The molecule has 0 aliphatic carbocycles. The van der Waals surface area contributed by atoms with Crippen LogP contribution in [0.4, 0.5) is 0 Å². The topological polar surface area (TPSA) is 58.0 Å². The molecule has 4 nitrogen and oxygen atoms in total. The van der Waals surface area contributed by atoms with E-state index in [1.165, 1.54) is 6.08 Å². The first-order valence-corrected chi connectivity index (χ1v) is 5.38.